The number of aryl methyl sites for hydroxylation is 3. The van der Waals surface area contributed by atoms with E-state index in [4.69, 9.17) is 0 Å². The van der Waals surface area contributed by atoms with Gasteiger partial charge in [-0.05, 0) is 49.9 Å². The molecule has 0 N–H and O–H groups in total. The fourth-order valence-corrected chi connectivity index (χ4v) is 3.03. The van der Waals surface area contributed by atoms with E-state index in [1.807, 2.05) is 0 Å². The van der Waals surface area contributed by atoms with Crippen LogP contribution in [0.1, 0.15) is 23.2 Å². The summed E-state index contributed by atoms with van der Waals surface area (Å²) in [6.45, 7) is 5.62. The molecule has 0 aliphatic carbocycles. The molecular formula is C13H15NS. The first-order valence-corrected chi connectivity index (χ1v) is 5.94. The van der Waals surface area contributed by atoms with Gasteiger partial charge in [-0.2, -0.15) is 0 Å². The Bertz CT molecular complexity index is 551. The first-order chi connectivity index (χ1) is 7.18. The lowest BCUT2D eigenvalue weighted by molar-refractivity contribution is 0.621. The van der Waals surface area contributed by atoms with Gasteiger partial charge in [0.2, 0.25) is 0 Å². The fourth-order valence-electron chi connectivity index (χ4n) is 2.75. The predicted molar refractivity (Wildman–Crippen MR) is 67.0 cm³/mol. The van der Waals surface area contributed by atoms with Gasteiger partial charge in [0.15, 0.2) is 0 Å². The van der Waals surface area contributed by atoms with E-state index >= 15 is 0 Å². The van der Waals surface area contributed by atoms with Crippen molar-refractivity contribution in [1.82, 2.24) is 4.57 Å². The molecule has 0 saturated heterocycles. The highest BCUT2D eigenvalue weighted by Gasteiger charge is 2.17. The summed E-state index contributed by atoms with van der Waals surface area (Å²) in [6.07, 6.45) is 2.46. The third kappa shape index (κ3) is 1.18. The van der Waals surface area contributed by atoms with Crippen LogP contribution < -0.4 is 0 Å². The van der Waals surface area contributed by atoms with E-state index in [9.17, 15) is 0 Å². The Kier molecular flexibility index (Phi) is 1.90. The van der Waals surface area contributed by atoms with E-state index in [1.165, 1.54) is 47.1 Å². The molecule has 2 aromatic rings. The summed E-state index contributed by atoms with van der Waals surface area (Å²) in [5.74, 6) is 0. The van der Waals surface area contributed by atoms with Gasteiger partial charge in [0, 0.05) is 22.5 Å². The third-order valence-corrected chi connectivity index (χ3v) is 3.88. The Balaban J connectivity index is 2.53. The van der Waals surface area contributed by atoms with E-state index < -0.39 is 0 Å². The van der Waals surface area contributed by atoms with Crippen molar-refractivity contribution in [3.05, 3.63) is 29.0 Å². The molecule has 1 aromatic carbocycles. The molecule has 1 nitrogen and oxygen atoms in total. The first-order valence-electron chi connectivity index (χ1n) is 5.50. The largest absolute Gasteiger partial charge is 0.344 e. The molecule has 1 aliphatic rings. The average Bonchev–Trinajstić information content (AvgIpc) is 2.46. The monoisotopic (exact) mass is 217 g/mol. The lowest BCUT2D eigenvalue weighted by Crippen LogP contribution is -2.08. The number of thiol groups is 1. The molecule has 0 fully saturated rings. The number of aromatic nitrogens is 1. The average molecular weight is 217 g/mol. The molecule has 0 radical (unpaired) electrons. The molecule has 0 atom stereocenters. The van der Waals surface area contributed by atoms with Gasteiger partial charge in [-0.15, -0.1) is 12.6 Å². The molecule has 0 amide bonds. The lowest BCUT2D eigenvalue weighted by Gasteiger charge is -2.17. The Morgan fingerprint density at radius 3 is 2.87 bits per heavy atom. The van der Waals surface area contributed by atoms with Crippen molar-refractivity contribution in [2.45, 2.75) is 38.1 Å². The Morgan fingerprint density at radius 1 is 1.27 bits per heavy atom. The highest BCUT2D eigenvalue weighted by molar-refractivity contribution is 7.80. The van der Waals surface area contributed by atoms with Crippen LogP contribution in [0, 0.1) is 13.8 Å². The molecule has 15 heavy (non-hydrogen) atoms. The number of benzene rings is 1. The van der Waals surface area contributed by atoms with Gasteiger partial charge in [-0.3, -0.25) is 0 Å². The van der Waals surface area contributed by atoms with E-state index in [2.05, 4.69) is 43.2 Å². The lowest BCUT2D eigenvalue weighted by atomic mass is 10.0. The predicted octanol–water partition coefficient (Wildman–Crippen LogP) is 3.49. The minimum absolute atomic E-state index is 1.10. The fraction of sp³-hybridized carbons (Fsp3) is 0.385. The van der Waals surface area contributed by atoms with Crippen LogP contribution >= 0.6 is 12.6 Å². The smallest absolute Gasteiger partial charge is 0.0518 e. The van der Waals surface area contributed by atoms with Crippen LogP contribution in [-0.2, 0) is 13.0 Å². The number of hydrogen-bond acceptors (Lipinski definition) is 1. The van der Waals surface area contributed by atoms with E-state index in [0.717, 1.165) is 4.90 Å². The van der Waals surface area contributed by atoms with Gasteiger partial charge < -0.3 is 4.57 Å². The van der Waals surface area contributed by atoms with Gasteiger partial charge in [-0.1, -0.05) is 0 Å². The summed E-state index contributed by atoms with van der Waals surface area (Å²) in [5, 5.41) is 1.40. The normalized spacial score (nSPS) is 14.9. The molecule has 2 heterocycles. The van der Waals surface area contributed by atoms with E-state index in [1.54, 1.807) is 0 Å². The van der Waals surface area contributed by atoms with Crippen molar-refractivity contribution in [2.24, 2.45) is 0 Å². The first kappa shape index (κ1) is 9.34. The van der Waals surface area contributed by atoms with Crippen molar-refractivity contribution in [3.8, 4) is 0 Å². The SMILES string of the molecule is Cc1c(C)n2c3c(cc(S)cc13)CCC2. The van der Waals surface area contributed by atoms with Crippen molar-refractivity contribution >= 4 is 23.5 Å². The summed E-state index contributed by atoms with van der Waals surface area (Å²) in [6, 6.07) is 4.42. The number of rotatable bonds is 0. The summed E-state index contributed by atoms with van der Waals surface area (Å²) >= 11 is 4.49. The van der Waals surface area contributed by atoms with Gasteiger partial charge in [0.05, 0.1) is 5.52 Å². The van der Waals surface area contributed by atoms with Crippen LogP contribution in [0.25, 0.3) is 10.9 Å². The van der Waals surface area contributed by atoms with Crippen molar-refractivity contribution in [1.29, 1.82) is 0 Å². The van der Waals surface area contributed by atoms with E-state index in [0.29, 0.717) is 0 Å². The maximum atomic E-state index is 4.49. The summed E-state index contributed by atoms with van der Waals surface area (Å²) < 4.78 is 2.47. The minimum atomic E-state index is 1.10. The molecule has 0 unspecified atom stereocenters. The Morgan fingerprint density at radius 2 is 2.07 bits per heavy atom. The molecular weight excluding hydrogens is 202 g/mol. The van der Waals surface area contributed by atoms with Crippen LogP contribution in [-0.4, -0.2) is 4.57 Å². The van der Waals surface area contributed by atoms with Gasteiger partial charge in [0.1, 0.15) is 0 Å². The maximum Gasteiger partial charge on any atom is 0.0518 e. The second-order valence-electron chi connectivity index (χ2n) is 4.47. The molecule has 2 heteroatoms. The van der Waals surface area contributed by atoms with Crippen LogP contribution in [0.5, 0.6) is 0 Å². The molecule has 3 rings (SSSR count). The van der Waals surface area contributed by atoms with Gasteiger partial charge >= 0.3 is 0 Å². The van der Waals surface area contributed by atoms with Crippen molar-refractivity contribution < 1.29 is 0 Å². The highest BCUT2D eigenvalue weighted by Crippen LogP contribution is 2.33. The molecule has 0 saturated carbocycles. The Labute approximate surface area is 95.5 Å². The number of hydrogen-bond donors (Lipinski definition) is 1. The minimum Gasteiger partial charge on any atom is -0.344 e. The zero-order valence-electron chi connectivity index (χ0n) is 9.17. The van der Waals surface area contributed by atoms with Crippen LogP contribution in [0.15, 0.2) is 17.0 Å². The van der Waals surface area contributed by atoms with Gasteiger partial charge in [-0.25, -0.2) is 0 Å². The van der Waals surface area contributed by atoms with E-state index in [-0.39, 0.29) is 0 Å². The maximum absolute atomic E-state index is 4.49. The zero-order valence-corrected chi connectivity index (χ0v) is 10.1. The van der Waals surface area contributed by atoms with Crippen LogP contribution in [0.3, 0.4) is 0 Å². The second kappa shape index (κ2) is 3.05. The molecule has 78 valence electrons. The molecule has 1 aromatic heterocycles. The topological polar surface area (TPSA) is 4.93 Å². The molecule has 0 bridgehead atoms. The summed E-state index contributed by atoms with van der Waals surface area (Å²) in [7, 11) is 0. The second-order valence-corrected chi connectivity index (χ2v) is 4.98. The standard InChI is InChI=1S/C13H15NS/c1-8-9(2)14-5-3-4-10-6-11(15)7-12(8)13(10)14/h6-7,15H,3-5H2,1-2H3. The third-order valence-electron chi connectivity index (χ3n) is 3.62. The number of nitrogens with zero attached hydrogens (tertiary/aromatic N) is 1. The summed E-state index contributed by atoms with van der Waals surface area (Å²) in [4.78, 5) is 1.10. The van der Waals surface area contributed by atoms with Crippen molar-refractivity contribution in [3.63, 3.8) is 0 Å². The zero-order chi connectivity index (χ0) is 10.6. The van der Waals surface area contributed by atoms with Crippen LogP contribution in [0.4, 0.5) is 0 Å². The summed E-state index contributed by atoms with van der Waals surface area (Å²) in [5.41, 5.74) is 5.77. The Hall–Kier alpha value is -0.890. The quantitative estimate of drug-likeness (QED) is 0.645. The van der Waals surface area contributed by atoms with Crippen molar-refractivity contribution in [2.75, 3.05) is 0 Å². The molecule has 0 spiro atoms. The molecule has 1 aliphatic heterocycles. The highest BCUT2D eigenvalue weighted by atomic mass is 32.1. The van der Waals surface area contributed by atoms with Crippen LogP contribution in [0.2, 0.25) is 0 Å². The van der Waals surface area contributed by atoms with Gasteiger partial charge in [0.25, 0.3) is 0 Å².